The predicted octanol–water partition coefficient (Wildman–Crippen LogP) is 4.06. The van der Waals surface area contributed by atoms with Crippen LogP contribution in [-0.4, -0.2) is 70.5 Å². The standard InChI is InChI=1S/C24H29F6N7O2/c1-15(34-18-13-33-35-21(38)20(18)24(28,29)30)14-39-10-5-19(16-3-2-4-16)36-6-8-37(9-7-36)22-31-11-17(12-32-22)23(25,26)27/h11-13,15H,2-10,14H2,1H3,(H2,34,35,38)/t15-/m0/s1. The number of nitrogens with zero attached hydrogens (tertiary/aromatic N) is 5. The molecular formula is C24H29F6N7O2. The maximum absolute atomic E-state index is 13.2. The summed E-state index contributed by atoms with van der Waals surface area (Å²) in [5.41, 5.74) is -1.43. The summed E-state index contributed by atoms with van der Waals surface area (Å²) in [6.07, 6.45) is -3.09. The van der Waals surface area contributed by atoms with Gasteiger partial charge in [-0.2, -0.15) is 31.4 Å². The van der Waals surface area contributed by atoms with Gasteiger partial charge in [0.05, 0.1) is 30.7 Å². The highest BCUT2D eigenvalue weighted by Gasteiger charge is 2.37. The van der Waals surface area contributed by atoms with Gasteiger partial charge in [-0.05, 0) is 26.2 Å². The number of hydrogen-bond donors (Lipinski definition) is 2. The molecule has 1 aliphatic carbocycles. The Labute approximate surface area is 220 Å². The van der Waals surface area contributed by atoms with Crippen LogP contribution in [0.1, 0.15) is 43.7 Å². The van der Waals surface area contributed by atoms with E-state index < -0.39 is 40.8 Å². The lowest BCUT2D eigenvalue weighted by atomic mass is 9.89. The van der Waals surface area contributed by atoms with Gasteiger partial charge in [-0.1, -0.05) is 5.57 Å². The van der Waals surface area contributed by atoms with Gasteiger partial charge in [0.2, 0.25) is 5.95 Å². The Kier molecular flexibility index (Phi) is 8.67. The first-order chi connectivity index (χ1) is 18.4. The van der Waals surface area contributed by atoms with Crippen molar-refractivity contribution in [3.63, 3.8) is 0 Å². The molecule has 1 aliphatic heterocycles. The Morgan fingerprint density at radius 2 is 1.72 bits per heavy atom. The zero-order chi connectivity index (χ0) is 28.2. The number of alkyl halides is 6. The van der Waals surface area contributed by atoms with E-state index in [1.165, 1.54) is 11.3 Å². The lowest BCUT2D eigenvalue weighted by molar-refractivity contribution is -0.139. The van der Waals surface area contributed by atoms with Crippen molar-refractivity contribution in [1.29, 1.82) is 0 Å². The van der Waals surface area contributed by atoms with E-state index in [9.17, 15) is 31.1 Å². The molecule has 2 N–H and O–H groups in total. The third-order valence-corrected chi connectivity index (χ3v) is 6.67. The number of allylic oxidation sites excluding steroid dienone is 1. The highest BCUT2D eigenvalue weighted by atomic mass is 19.4. The second kappa shape index (κ2) is 11.8. The summed E-state index contributed by atoms with van der Waals surface area (Å²) in [5.74, 6) is 0.259. The van der Waals surface area contributed by atoms with Crippen LogP contribution in [0.25, 0.3) is 0 Å². The second-order valence-electron chi connectivity index (χ2n) is 9.50. The van der Waals surface area contributed by atoms with E-state index in [2.05, 4.69) is 25.3 Å². The second-order valence-corrected chi connectivity index (χ2v) is 9.50. The van der Waals surface area contributed by atoms with Crippen LogP contribution in [0, 0.1) is 0 Å². The van der Waals surface area contributed by atoms with Crippen LogP contribution in [0.3, 0.4) is 0 Å². The largest absolute Gasteiger partial charge is 0.423 e. The normalized spacial score (nSPS) is 17.2. The number of rotatable bonds is 9. The van der Waals surface area contributed by atoms with E-state index in [1.807, 2.05) is 4.90 Å². The maximum Gasteiger partial charge on any atom is 0.423 e. The molecule has 0 amide bonds. The summed E-state index contributed by atoms with van der Waals surface area (Å²) in [6.45, 7) is 4.52. The first-order valence-corrected chi connectivity index (χ1v) is 12.5. The Hall–Kier alpha value is -3.36. The molecule has 1 saturated carbocycles. The maximum atomic E-state index is 13.2. The number of hydrogen-bond acceptors (Lipinski definition) is 8. The monoisotopic (exact) mass is 561 g/mol. The Morgan fingerprint density at radius 1 is 1.05 bits per heavy atom. The van der Waals surface area contributed by atoms with E-state index in [-0.39, 0.29) is 12.6 Å². The van der Waals surface area contributed by atoms with Gasteiger partial charge in [-0.25, -0.2) is 15.1 Å². The molecule has 2 aromatic heterocycles. The topological polar surface area (TPSA) is 99.3 Å². The van der Waals surface area contributed by atoms with Crippen LogP contribution in [0.15, 0.2) is 34.7 Å². The minimum atomic E-state index is -4.83. The third-order valence-electron chi connectivity index (χ3n) is 6.67. The molecule has 4 rings (SSSR count). The number of nitrogens with one attached hydrogen (secondary N) is 2. The highest BCUT2D eigenvalue weighted by molar-refractivity contribution is 5.50. The summed E-state index contributed by atoms with van der Waals surface area (Å²) in [4.78, 5) is 23.5. The zero-order valence-corrected chi connectivity index (χ0v) is 21.2. The van der Waals surface area contributed by atoms with Crippen LogP contribution in [0.2, 0.25) is 0 Å². The van der Waals surface area contributed by atoms with Crippen molar-refractivity contribution in [3.8, 4) is 0 Å². The van der Waals surface area contributed by atoms with Gasteiger partial charge in [0.1, 0.15) is 5.56 Å². The molecule has 9 nitrogen and oxygen atoms in total. The fourth-order valence-corrected chi connectivity index (χ4v) is 4.53. The van der Waals surface area contributed by atoms with Crippen molar-refractivity contribution < 1.29 is 31.1 Å². The average Bonchev–Trinajstić information content (AvgIpc) is 2.83. The SMILES string of the molecule is C[C@@H](COCCC(=C1CCC1)N1CCN(c2ncc(C(F)(F)F)cn2)CC1)Nc1cn[nH]c(=O)c1C(F)(F)F. The summed E-state index contributed by atoms with van der Waals surface area (Å²) >= 11 is 0. The van der Waals surface area contributed by atoms with Crippen molar-refractivity contribution in [2.24, 2.45) is 0 Å². The fraction of sp³-hybridized carbons (Fsp3) is 0.583. The van der Waals surface area contributed by atoms with Crippen molar-refractivity contribution in [2.75, 3.05) is 49.6 Å². The lowest BCUT2D eigenvalue weighted by Crippen LogP contribution is -2.47. The summed E-state index contributed by atoms with van der Waals surface area (Å²) < 4.78 is 83.9. The molecular weight excluding hydrogens is 532 g/mol. The molecule has 0 aromatic carbocycles. The van der Waals surface area contributed by atoms with E-state index in [0.717, 1.165) is 37.9 Å². The first-order valence-electron chi connectivity index (χ1n) is 12.5. The van der Waals surface area contributed by atoms with E-state index >= 15 is 0 Å². The molecule has 2 aliphatic rings. The molecule has 39 heavy (non-hydrogen) atoms. The molecule has 0 radical (unpaired) electrons. The number of anilines is 2. The van der Waals surface area contributed by atoms with E-state index in [0.29, 0.717) is 39.2 Å². The molecule has 0 bridgehead atoms. The van der Waals surface area contributed by atoms with Crippen LogP contribution in [0.5, 0.6) is 0 Å². The van der Waals surface area contributed by atoms with Gasteiger partial charge in [0.25, 0.3) is 5.56 Å². The molecule has 3 heterocycles. The van der Waals surface area contributed by atoms with Crippen LogP contribution >= 0.6 is 0 Å². The zero-order valence-electron chi connectivity index (χ0n) is 21.2. The first kappa shape index (κ1) is 28.6. The molecule has 15 heteroatoms. The number of piperazine rings is 1. The highest BCUT2D eigenvalue weighted by Crippen LogP contribution is 2.34. The van der Waals surface area contributed by atoms with Gasteiger partial charge in [0.15, 0.2) is 0 Å². The van der Waals surface area contributed by atoms with Gasteiger partial charge in [0, 0.05) is 56.7 Å². The molecule has 1 atom stereocenters. The van der Waals surface area contributed by atoms with Crippen molar-refractivity contribution in [1.82, 2.24) is 25.1 Å². The van der Waals surface area contributed by atoms with Crippen LogP contribution in [-0.2, 0) is 17.1 Å². The smallest absolute Gasteiger partial charge is 0.379 e. The number of aromatic nitrogens is 4. The van der Waals surface area contributed by atoms with Crippen molar-refractivity contribution in [2.45, 2.75) is 51.0 Å². The average molecular weight is 562 g/mol. The Balaban J connectivity index is 1.27. The van der Waals surface area contributed by atoms with E-state index in [1.54, 1.807) is 12.0 Å². The quantitative estimate of drug-likeness (QED) is 0.350. The predicted molar refractivity (Wildman–Crippen MR) is 130 cm³/mol. The molecule has 0 unspecified atom stereocenters. The minimum absolute atomic E-state index is 0.117. The number of H-pyrrole nitrogens is 1. The third kappa shape index (κ3) is 7.19. The van der Waals surface area contributed by atoms with Crippen molar-refractivity contribution >= 4 is 11.6 Å². The molecule has 0 spiro atoms. The van der Waals surface area contributed by atoms with Gasteiger partial charge in [-0.3, -0.25) is 4.79 Å². The number of ether oxygens (including phenoxy) is 1. The molecule has 1 saturated heterocycles. The summed E-state index contributed by atoms with van der Waals surface area (Å²) in [7, 11) is 0. The Bertz CT molecular complexity index is 1200. The van der Waals surface area contributed by atoms with Gasteiger partial charge < -0.3 is 19.9 Å². The Morgan fingerprint density at radius 3 is 2.28 bits per heavy atom. The van der Waals surface area contributed by atoms with E-state index in [4.69, 9.17) is 4.74 Å². The summed E-state index contributed by atoms with van der Waals surface area (Å²) in [5, 5.41) is 7.90. The molecule has 2 aromatic rings. The van der Waals surface area contributed by atoms with Gasteiger partial charge >= 0.3 is 12.4 Å². The minimum Gasteiger partial charge on any atom is -0.379 e. The number of aromatic amines is 1. The van der Waals surface area contributed by atoms with Gasteiger partial charge in [-0.15, -0.1) is 0 Å². The lowest BCUT2D eigenvalue weighted by Gasteiger charge is -2.39. The molecule has 2 fully saturated rings. The summed E-state index contributed by atoms with van der Waals surface area (Å²) in [6, 6.07) is -0.512. The van der Waals surface area contributed by atoms with Crippen LogP contribution < -0.4 is 15.8 Å². The van der Waals surface area contributed by atoms with Crippen LogP contribution in [0.4, 0.5) is 38.0 Å². The number of halogens is 6. The fourth-order valence-electron chi connectivity index (χ4n) is 4.53. The molecule has 214 valence electrons. The van der Waals surface area contributed by atoms with Crippen molar-refractivity contribution in [3.05, 3.63) is 51.3 Å².